The van der Waals surface area contributed by atoms with E-state index in [2.05, 4.69) is 20.8 Å². The Kier molecular flexibility index (Phi) is 6.47. The van der Waals surface area contributed by atoms with Crippen molar-refractivity contribution < 1.29 is 19.1 Å². The minimum atomic E-state index is -0.289. The van der Waals surface area contributed by atoms with Gasteiger partial charge in [0.2, 0.25) is 0 Å². The van der Waals surface area contributed by atoms with Crippen LogP contribution in [0, 0.1) is 28.6 Å². The lowest BCUT2D eigenvalue weighted by atomic mass is 9.48. The molecule has 4 rings (SSSR count). The van der Waals surface area contributed by atoms with E-state index in [4.69, 9.17) is 4.74 Å². The summed E-state index contributed by atoms with van der Waals surface area (Å²) in [6.07, 6.45) is 13.9. The average Bonchev–Trinajstić information content (AvgIpc) is 3.04. The zero-order chi connectivity index (χ0) is 22.2. The second kappa shape index (κ2) is 8.83. The van der Waals surface area contributed by atoms with E-state index in [0.29, 0.717) is 31.0 Å². The third-order valence-corrected chi connectivity index (χ3v) is 9.39. The summed E-state index contributed by atoms with van der Waals surface area (Å²) in [7, 11) is 0. The lowest BCUT2D eigenvalue weighted by molar-refractivity contribution is -0.152. The van der Waals surface area contributed by atoms with Gasteiger partial charge in [-0.2, -0.15) is 0 Å². The largest absolute Gasteiger partial charge is 0.462 e. The molecule has 0 saturated heterocycles. The maximum atomic E-state index is 13.3. The number of esters is 1. The highest BCUT2D eigenvalue weighted by Gasteiger charge is 2.61. The maximum Gasteiger partial charge on any atom is 0.306 e. The predicted octanol–water partition coefficient (Wildman–Crippen LogP) is 5.97. The summed E-state index contributed by atoms with van der Waals surface area (Å²) < 4.78 is 5.83. The third-order valence-electron chi connectivity index (χ3n) is 9.39. The van der Waals surface area contributed by atoms with E-state index >= 15 is 0 Å². The fourth-order valence-electron chi connectivity index (χ4n) is 7.36. The van der Waals surface area contributed by atoms with Crippen molar-refractivity contribution in [1.29, 1.82) is 0 Å². The molecule has 0 aromatic carbocycles. The van der Waals surface area contributed by atoms with Gasteiger partial charge in [0, 0.05) is 30.6 Å². The molecule has 4 heteroatoms. The molecule has 0 amide bonds. The van der Waals surface area contributed by atoms with Gasteiger partial charge in [0.1, 0.15) is 11.9 Å². The fourth-order valence-corrected chi connectivity index (χ4v) is 7.36. The number of hydrogen-bond donors (Lipinski definition) is 0. The van der Waals surface area contributed by atoms with Crippen LogP contribution >= 0.6 is 0 Å². The number of hydrogen-bond acceptors (Lipinski definition) is 4. The van der Waals surface area contributed by atoms with Crippen molar-refractivity contribution in [3.63, 3.8) is 0 Å². The van der Waals surface area contributed by atoms with E-state index in [9.17, 15) is 14.4 Å². The van der Waals surface area contributed by atoms with Gasteiger partial charge in [-0.15, -0.1) is 0 Å². The molecule has 0 aromatic rings. The van der Waals surface area contributed by atoms with Gasteiger partial charge < -0.3 is 4.74 Å². The first kappa shape index (κ1) is 22.7. The van der Waals surface area contributed by atoms with Gasteiger partial charge in [0.05, 0.1) is 0 Å². The highest BCUT2D eigenvalue weighted by molar-refractivity contribution is 5.96. The van der Waals surface area contributed by atoms with E-state index in [1.165, 1.54) is 24.8 Å². The summed E-state index contributed by atoms with van der Waals surface area (Å²) in [5, 5.41) is 0. The molecule has 0 bridgehead atoms. The van der Waals surface area contributed by atoms with Crippen LogP contribution in [0.1, 0.15) is 104 Å². The van der Waals surface area contributed by atoms with Gasteiger partial charge in [0.25, 0.3) is 0 Å². The second-order valence-electron chi connectivity index (χ2n) is 11.2. The minimum absolute atomic E-state index is 0.00108. The summed E-state index contributed by atoms with van der Waals surface area (Å²) in [5.74, 6) is 1.06. The molecule has 172 valence electrons. The second-order valence-corrected chi connectivity index (χ2v) is 11.2. The monoisotopic (exact) mass is 428 g/mol. The molecule has 3 saturated carbocycles. The van der Waals surface area contributed by atoms with Crippen LogP contribution in [-0.2, 0) is 19.1 Å². The van der Waals surface area contributed by atoms with E-state index in [-0.39, 0.29) is 40.5 Å². The zero-order valence-electron chi connectivity index (χ0n) is 19.7. The van der Waals surface area contributed by atoms with E-state index < -0.39 is 0 Å². The van der Waals surface area contributed by atoms with Gasteiger partial charge >= 0.3 is 5.97 Å². The molecule has 0 spiro atoms. The van der Waals surface area contributed by atoms with Crippen molar-refractivity contribution in [1.82, 2.24) is 0 Å². The lowest BCUT2D eigenvalue weighted by Crippen LogP contribution is -2.53. The molecule has 0 radical (unpaired) electrons. The number of ketones is 2. The molecule has 4 aliphatic rings. The third kappa shape index (κ3) is 4.04. The molecular formula is C27H40O4. The van der Waals surface area contributed by atoms with E-state index in [1.54, 1.807) is 0 Å². The highest BCUT2D eigenvalue weighted by Crippen LogP contribution is 2.63. The number of rotatable bonds is 7. The Bertz CT molecular complexity index is 767. The molecule has 0 aromatic heterocycles. The summed E-state index contributed by atoms with van der Waals surface area (Å²) in [4.78, 5) is 38.2. The number of carbonyl (C=O) groups excluding carboxylic acids is 3. The standard InChI is InChI=1S/C27H40O4/c1-4-5-6-7-8-9-24(30)31-19-12-14-26(2)18(16-19)17-22(28)25-20-10-11-23(29)27(20,3)15-13-21(25)26/h17,19-21,25H,4-16H2,1-3H3/t19-,20?,21?,25?,26-,27-/m0/s1. The highest BCUT2D eigenvalue weighted by atomic mass is 16.5. The lowest BCUT2D eigenvalue weighted by Gasteiger charge is -2.56. The number of carbonyl (C=O) groups is 3. The summed E-state index contributed by atoms with van der Waals surface area (Å²) >= 11 is 0. The van der Waals surface area contributed by atoms with Crippen molar-refractivity contribution in [3.05, 3.63) is 11.6 Å². The molecular weight excluding hydrogens is 388 g/mol. The fraction of sp³-hybridized carbons (Fsp3) is 0.815. The van der Waals surface area contributed by atoms with Crippen LogP contribution in [0.5, 0.6) is 0 Å². The topological polar surface area (TPSA) is 60.4 Å². The molecule has 0 aliphatic heterocycles. The van der Waals surface area contributed by atoms with Crippen molar-refractivity contribution >= 4 is 17.5 Å². The summed E-state index contributed by atoms with van der Waals surface area (Å²) in [6.45, 7) is 6.63. The van der Waals surface area contributed by atoms with Gasteiger partial charge in [-0.25, -0.2) is 0 Å². The number of unbranched alkanes of at least 4 members (excludes halogenated alkanes) is 4. The SMILES string of the molecule is CCCCCCCC(=O)O[C@H]1CC[C@@]2(C)C(=CC(=O)C3C2CC[C@]2(C)C(=O)CCC32)C1. The van der Waals surface area contributed by atoms with Crippen molar-refractivity contribution in [2.45, 2.75) is 110 Å². The van der Waals surface area contributed by atoms with Crippen LogP contribution in [0.15, 0.2) is 11.6 Å². The van der Waals surface area contributed by atoms with Gasteiger partial charge in [-0.1, -0.05) is 52.0 Å². The molecule has 3 unspecified atom stereocenters. The molecule has 6 atom stereocenters. The number of ether oxygens (including phenoxy) is 1. The maximum absolute atomic E-state index is 13.3. The Labute approximate surface area is 187 Å². The van der Waals surface area contributed by atoms with Crippen LogP contribution in [0.3, 0.4) is 0 Å². The first-order valence-electron chi connectivity index (χ1n) is 12.8. The molecule has 0 heterocycles. The van der Waals surface area contributed by atoms with Gasteiger partial charge in [-0.05, 0) is 61.9 Å². The Morgan fingerprint density at radius 3 is 2.48 bits per heavy atom. The van der Waals surface area contributed by atoms with E-state index in [0.717, 1.165) is 44.9 Å². The normalized spacial score (nSPS) is 39.4. The molecule has 4 aliphatic carbocycles. The molecule has 31 heavy (non-hydrogen) atoms. The van der Waals surface area contributed by atoms with Crippen molar-refractivity contribution in [2.75, 3.05) is 0 Å². The first-order chi connectivity index (χ1) is 14.8. The quantitative estimate of drug-likeness (QED) is 0.370. The molecule has 0 N–H and O–H groups in total. The van der Waals surface area contributed by atoms with Crippen molar-refractivity contribution in [3.8, 4) is 0 Å². The first-order valence-corrected chi connectivity index (χ1v) is 12.8. The van der Waals surface area contributed by atoms with Gasteiger partial charge in [0.15, 0.2) is 5.78 Å². The zero-order valence-corrected chi connectivity index (χ0v) is 19.7. The molecule has 3 fully saturated rings. The number of fused-ring (bicyclic) bond motifs is 5. The Morgan fingerprint density at radius 1 is 1.00 bits per heavy atom. The number of Topliss-reactive ketones (excluding diaryl/α,β-unsaturated/α-hetero) is 1. The number of allylic oxidation sites excluding steroid dienone is 1. The van der Waals surface area contributed by atoms with Crippen LogP contribution in [-0.4, -0.2) is 23.6 Å². The average molecular weight is 429 g/mol. The Morgan fingerprint density at radius 2 is 1.71 bits per heavy atom. The molecule has 4 nitrogen and oxygen atoms in total. The van der Waals surface area contributed by atoms with Gasteiger partial charge in [-0.3, -0.25) is 14.4 Å². The minimum Gasteiger partial charge on any atom is -0.462 e. The van der Waals surface area contributed by atoms with Crippen molar-refractivity contribution in [2.24, 2.45) is 28.6 Å². The van der Waals surface area contributed by atoms with Crippen LogP contribution in [0.4, 0.5) is 0 Å². The Balaban J connectivity index is 1.41. The van der Waals surface area contributed by atoms with Crippen LogP contribution in [0.2, 0.25) is 0 Å². The van der Waals surface area contributed by atoms with E-state index in [1.807, 2.05) is 6.08 Å². The van der Waals surface area contributed by atoms with Crippen LogP contribution < -0.4 is 0 Å². The van der Waals surface area contributed by atoms with Crippen LogP contribution in [0.25, 0.3) is 0 Å². The predicted molar refractivity (Wildman–Crippen MR) is 120 cm³/mol. The smallest absolute Gasteiger partial charge is 0.306 e. The Hall–Kier alpha value is -1.45. The summed E-state index contributed by atoms with van der Waals surface area (Å²) in [6, 6.07) is 0. The summed E-state index contributed by atoms with van der Waals surface area (Å²) in [5.41, 5.74) is 0.912.